The number of ether oxygens (including phenoxy) is 1. The van der Waals surface area contributed by atoms with Gasteiger partial charge in [-0.25, -0.2) is 0 Å². The van der Waals surface area contributed by atoms with Crippen molar-refractivity contribution in [2.24, 2.45) is 0 Å². The van der Waals surface area contributed by atoms with Crippen LogP contribution in [0.1, 0.15) is 23.3 Å². The maximum absolute atomic E-state index is 12.2. The van der Waals surface area contributed by atoms with Crippen molar-refractivity contribution >= 4 is 29.5 Å². The van der Waals surface area contributed by atoms with Crippen LogP contribution in [0.15, 0.2) is 58.3 Å². The molecule has 0 radical (unpaired) electrons. The van der Waals surface area contributed by atoms with E-state index >= 15 is 0 Å². The molecule has 2 aromatic carbocycles. The predicted octanol–water partition coefficient (Wildman–Crippen LogP) is 4.73. The van der Waals surface area contributed by atoms with E-state index in [1.54, 1.807) is 23.5 Å². The Hall–Kier alpha value is -1.39. The van der Waals surface area contributed by atoms with Crippen molar-refractivity contribution in [2.75, 3.05) is 12.4 Å². The van der Waals surface area contributed by atoms with Gasteiger partial charge in [0.2, 0.25) is 0 Å². The van der Waals surface area contributed by atoms with Crippen LogP contribution in [0.4, 0.5) is 0 Å². The van der Waals surface area contributed by atoms with Crippen LogP contribution in [0.5, 0.6) is 0 Å². The first kappa shape index (κ1) is 15.5. The molecule has 0 amide bonds. The van der Waals surface area contributed by atoms with Crippen molar-refractivity contribution in [1.82, 2.24) is 0 Å². The minimum absolute atomic E-state index is 0.115. The molecule has 1 heterocycles. The molecule has 0 N–H and O–H groups in total. The van der Waals surface area contributed by atoms with Gasteiger partial charge >= 0.3 is 5.97 Å². The highest BCUT2D eigenvalue weighted by Crippen LogP contribution is 2.40. The molecule has 2 aromatic rings. The zero-order chi connectivity index (χ0) is 15.4. The van der Waals surface area contributed by atoms with Gasteiger partial charge in [0.15, 0.2) is 0 Å². The standard InChI is InChI=1S/C18H18O2S2/c1-2-20-18(19)17-16-12-15(9-8-13(16)10-11-21-17)22-14-6-4-3-5-7-14/h3-9,12,17H,2,10-11H2,1H3. The molecule has 114 valence electrons. The molecular weight excluding hydrogens is 312 g/mol. The highest BCUT2D eigenvalue weighted by Gasteiger charge is 2.28. The summed E-state index contributed by atoms with van der Waals surface area (Å²) in [4.78, 5) is 14.6. The molecule has 3 rings (SSSR count). The Kier molecular flexibility index (Phi) is 5.11. The molecule has 0 fully saturated rings. The molecule has 0 bridgehead atoms. The van der Waals surface area contributed by atoms with E-state index in [9.17, 15) is 4.79 Å². The molecule has 1 atom stereocenters. The summed E-state index contributed by atoms with van der Waals surface area (Å²) in [5.41, 5.74) is 2.39. The van der Waals surface area contributed by atoms with Gasteiger partial charge in [0, 0.05) is 9.79 Å². The predicted molar refractivity (Wildman–Crippen MR) is 92.5 cm³/mol. The lowest BCUT2D eigenvalue weighted by Gasteiger charge is -2.24. The number of aryl methyl sites for hydroxylation is 1. The lowest BCUT2D eigenvalue weighted by molar-refractivity contribution is -0.142. The average Bonchev–Trinajstić information content (AvgIpc) is 2.55. The summed E-state index contributed by atoms with van der Waals surface area (Å²) in [5.74, 6) is 0.858. The number of hydrogen-bond donors (Lipinski definition) is 0. The lowest BCUT2D eigenvalue weighted by atomic mass is 10.0. The van der Waals surface area contributed by atoms with E-state index in [1.165, 1.54) is 15.4 Å². The molecule has 0 saturated heterocycles. The molecule has 4 heteroatoms. The van der Waals surface area contributed by atoms with Gasteiger partial charge in [-0.15, -0.1) is 11.8 Å². The van der Waals surface area contributed by atoms with Gasteiger partial charge in [0.05, 0.1) is 6.61 Å². The second-order valence-electron chi connectivity index (χ2n) is 5.03. The number of carbonyl (C=O) groups excluding carboxylic acids is 1. The SMILES string of the molecule is CCOC(=O)C1SCCc2ccc(Sc3ccccc3)cc21. The summed E-state index contributed by atoms with van der Waals surface area (Å²) >= 11 is 3.41. The van der Waals surface area contributed by atoms with Gasteiger partial charge in [-0.1, -0.05) is 36.0 Å². The zero-order valence-electron chi connectivity index (χ0n) is 12.5. The second-order valence-corrected chi connectivity index (χ2v) is 7.39. The van der Waals surface area contributed by atoms with Crippen LogP contribution in [0.25, 0.3) is 0 Å². The Bertz CT molecular complexity index is 655. The van der Waals surface area contributed by atoms with E-state index in [0.29, 0.717) is 6.61 Å². The van der Waals surface area contributed by atoms with Crippen LogP contribution in [0, 0.1) is 0 Å². The van der Waals surface area contributed by atoms with Crippen molar-refractivity contribution < 1.29 is 9.53 Å². The monoisotopic (exact) mass is 330 g/mol. The summed E-state index contributed by atoms with van der Waals surface area (Å²) < 4.78 is 5.23. The Balaban J connectivity index is 1.87. The number of hydrogen-bond acceptors (Lipinski definition) is 4. The van der Waals surface area contributed by atoms with Crippen molar-refractivity contribution in [3.8, 4) is 0 Å². The van der Waals surface area contributed by atoms with Crippen LogP contribution < -0.4 is 0 Å². The minimum atomic E-state index is -0.181. The molecule has 2 nitrogen and oxygen atoms in total. The maximum atomic E-state index is 12.2. The smallest absolute Gasteiger partial charge is 0.323 e. The van der Waals surface area contributed by atoms with E-state index < -0.39 is 0 Å². The third-order valence-electron chi connectivity index (χ3n) is 3.54. The fourth-order valence-electron chi connectivity index (χ4n) is 2.52. The Morgan fingerprint density at radius 3 is 2.82 bits per heavy atom. The van der Waals surface area contributed by atoms with Crippen LogP contribution in [0.2, 0.25) is 0 Å². The molecule has 0 spiro atoms. The van der Waals surface area contributed by atoms with Crippen molar-refractivity contribution in [3.05, 3.63) is 59.7 Å². The Morgan fingerprint density at radius 1 is 1.23 bits per heavy atom. The fraction of sp³-hybridized carbons (Fsp3) is 0.278. The van der Waals surface area contributed by atoms with Gasteiger partial charge < -0.3 is 4.74 Å². The molecule has 0 aromatic heterocycles. The third-order valence-corrected chi connectivity index (χ3v) is 5.75. The topological polar surface area (TPSA) is 26.3 Å². The first-order chi connectivity index (χ1) is 10.8. The van der Waals surface area contributed by atoms with Gasteiger partial charge in [-0.05, 0) is 54.5 Å². The fourth-order valence-corrected chi connectivity index (χ4v) is 4.59. The van der Waals surface area contributed by atoms with E-state index in [0.717, 1.165) is 17.7 Å². The summed E-state index contributed by atoms with van der Waals surface area (Å²) in [5, 5.41) is -0.181. The number of thioether (sulfide) groups is 1. The lowest BCUT2D eigenvalue weighted by Crippen LogP contribution is -2.19. The number of rotatable bonds is 4. The van der Waals surface area contributed by atoms with Crippen molar-refractivity contribution in [2.45, 2.75) is 28.4 Å². The van der Waals surface area contributed by atoms with Gasteiger partial charge in [0.1, 0.15) is 5.25 Å². The van der Waals surface area contributed by atoms with E-state index in [2.05, 4.69) is 30.3 Å². The second kappa shape index (κ2) is 7.25. The normalized spacial score (nSPS) is 16.9. The van der Waals surface area contributed by atoms with Crippen molar-refractivity contribution in [3.63, 3.8) is 0 Å². The number of carbonyl (C=O) groups is 1. The van der Waals surface area contributed by atoms with E-state index in [1.807, 2.05) is 25.1 Å². The highest BCUT2D eigenvalue weighted by molar-refractivity contribution is 8.00. The molecule has 1 aliphatic rings. The van der Waals surface area contributed by atoms with E-state index in [4.69, 9.17) is 4.74 Å². The van der Waals surface area contributed by atoms with Crippen LogP contribution in [0.3, 0.4) is 0 Å². The number of fused-ring (bicyclic) bond motifs is 1. The van der Waals surface area contributed by atoms with Crippen LogP contribution >= 0.6 is 23.5 Å². The summed E-state index contributed by atoms with van der Waals surface area (Å²) in [7, 11) is 0. The average molecular weight is 330 g/mol. The summed E-state index contributed by atoms with van der Waals surface area (Å²) in [6.45, 7) is 2.29. The van der Waals surface area contributed by atoms with Crippen LogP contribution in [-0.2, 0) is 16.0 Å². The largest absolute Gasteiger partial charge is 0.465 e. The minimum Gasteiger partial charge on any atom is -0.465 e. The Labute approximate surface area is 139 Å². The zero-order valence-corrected chi connectivity index (χ0v) is 14.1. The number of esters is 1. The van der Waals surface area contributed by atoms with Gasteiger partial charge in [0.25, 0.3) is 0 Å². The van der Waals surface area contributed by atoms with Gasteiger partial charge in [-0.3, -0.25) is 4.79 Å². The quantitative estimate of drug-likeness (QED) is 0.757. The van der Waals surface area contributed by atoms with E-state index in [-0.39, 0.29) is 11.2 Å². The Morgan fingerprint density at radius 2 is 2.05 bits per heavy atom. The van der Waals surface area contributed by atoms with Crippen molar-refractivity contribution in [1.29, 1.82) is 0 Å². The first-order valence-corrected chi connectivity index (χ1v) is 9.28. The van der Waals surface area contributed by atoms with Crippen LogP contribution in [-0.4, -0.2) is 18.3 Å². The molecular formula is C18H18O2S2. The molecule has 22 heavy (non-hydrogen) atoms. The number of benzene rings is 2. The molecule has 0 aliphatic carbocycles. The third kappa shape index (κ3) is 3.50. The molecule has 0 saturated carbocycles. The molecule has 1 aliphatic heterocycles. The maximum Gasteiger partial charge on any atom is 0.323 e. The van der Waals surface area contributed by atoms with Gasteiger partial charge in [-0.2, -0.15) is 0 Å². The highest BCUT2D eigenvalue weighted by atomic mass is 32.2. The molecule has 1 unspecified atom stereocenters. The summed E-state index contributed by atoms with van der Waals surface area (Å²) in [6, 6.07) is 16.8. The first-order valence-electron chi connectivity index (χ1n) is 7.42. The summed E-state index contributed by atoms with van der Waals surface area (Å²) in [6.07, 6.45) is 1.02.